The average Bonchev–Trinajstić information content (AvgIpc) is 2.68. The van der Waals surface area contributed by atoms with E-state index in [1.807, 2.05) is 12.2 Å². The summed E-state index contributed by atoms with van der Waals surface area (Å²) in [7, 11) is -0.586. The number of carbonyl (C=O) groups is 1. The average molecular weight is 433 g/mol. The number of benzene rings is 2. The third-order valence-electron chi connectivity index (χ3n) is 5.02. The maximum absolute atomic E-state index is 12.6. The molecule has 0 saturated carbocycles. The van der Waals surface area contributed by atoms with Crippen molar-refractivity contribution in [3.63, 3.8) is 0 Å². The number of nitrogens with one attached hydrogen (secondary N) is 1. The summed E-state index contributed by atoms with van der Waals surface area (Å²) in [6.45, 7) is 8.33. The van der Waals surface area contributed by atoms with Crippen molar-refractivity contribution in [2.75, 3.05) is 19.4 Å². The van der Waals surface area contributed by atoms with E-state index in [0.717, 1.165) is 10.7 Å². The molecule has 164 valence electrons. The third-order valence-corrected chi connectivity index (χ3v) is 6.83. The maximum Gasteiger partial charge on any atom is 0.282 e. The van der Waals surface area contributed by atoms with Crippen molar-refractivity contribution in [1.29, 1.82) is 0 Å². The molecule has 0 aliphatic carbocycles. The van der Waals surface area contributed by atoms with Gasteiger partial charge in [-0.05, 0) is 49.9 Å². The number of amides is 1. The summed E-state index contributed by atoms with van der Waals surface area (Å²) < 4.78 is 25.7. The van der Waals surface area contributed by atoms with Crippen molar-refractivity contribution in [2.24, 2.45) is 5.92 Å². The maximum atomic E-state index is 12.6. The van der Waals surface area contributed by atoms with Gasteiger partial charge >= 0.3 is 0 Å². The highest BCUT2D eigenvalue weighted by Gasteiger charge is 2.22. The van der Waals surface area contributed by atoms with E-state index < -0.39 is 10.0 Å². The molecule has 0 spiro atoms. The van der Waals surface area contributed by atoms with Crippen molar-refractivity contribution in [3.05, 3.63) is 59.7 Å². The molecule has 0 aliphatic rings. The molecule has 6 nitrogen and oxygen atoms in total. The minimum Gasteiger partial charge on any atom is -0.330 e. The fraction of sp³-hybridized carbons (Fsp3) is 0.435. The Morgan fingerprint density at radius 3 is 2.23 bits per heavy atom. The first-order valence-corrected chi connectivity index (χ1v) is 11.7. The zero-order chi connectivity index (χ0) is 22.5. The van der Waals surface area contributed by atoms with Crippen molar-refractivity contribution >= 4 is 21.6 Å². The first-order chi connectivity index (χ1) is 14.0. The van der Waals surface area contributed by atoms with Gasteiger partial charge in [0.1, 0.15) is 6.04 Å². The minimum absolute atomic E-state index is 0.124. The number of anilines is 1. The molecular weight excluding hydrogens is 398 g/mol. The van der Waals surface area contributed by atoms with Gasteiger partial charge in [0, 0.05) is 25.3 Å². The second-order valence-corrected chi connectivity index (χ2v) is 10.6. The summed E-state index contributed by atoms with van der Waals surface area (Å²) >= 11 is 0. The lowest BCUT2D eigenvalue weighted by atomic mass is 9.99. The Morgan fingerprint density at radius 2 is 1.67 bits per heavy atom. The minimum atomic E-state index is -3.55. The van der Waals surface area contributed by atoms with Crippen LogP contribution in [0.4, 0.5) is 5.69 Å². The van der Waals surface area contributed by atoms with Crippen molar-refractivity contribution in [3.8, 4) is 0 Å². The smallest absolute Gasteiger partial charge is 0.282 e. The fourth-order valence-electron chi connectivity index (χ4n) is 3.26. The summed E-state index contributed by atoms with van der Waals surface area (Å²) in [6, 6.07) is 14.7. The van der Waals surface area contributed by atoms with Crippen molar-refractivity contribution in [2.45, 2.75) is 51.1 Å². The molecule has 2 aromatic carbocycles. The van der Waals surface area contributed by atoms with E-state index in [4.69, 9.17) is 0 Å². The molecule has 2 atom stereocenters. The highest BCUT2D eigenvalue weighted by atomic mass is 32.2. The number of quaternary nitrogens is 1. The molecule has 0 bridgehead atoms. The van der Waals surface area contributed by atoms with Gasteiger partial charge in [0.2, 0.25) is 10.0 Å². The summed E-state index contributed by atoms with van der Waals surface area (Å²) in [5.74, 6) is 0.451. The molecule has 2 aromatic rings. The summed E-state index contributed by atoms with van der Waals surface area (Å²) in [5, 5.41) is 4.83. The lowest BCUT2D eigenvalue weighted by Gasteiger charge is -2.18. The molecule has 0 fully saturated rings. The van der Waals surface area contributed by atoms with Gasteiger partial charge in [0.25, 0.3) is 5.91 Å². The van der Waals surface area contributed by atoms with Gasteiger partial charge in [-0.1, -0.05) is 44.2 Å². The van der Waals surface area contributed by atoms with Crippen LogP contribution in [0.5, 0.6) is 0 Å². The highest BCUT2D eigenvalue weighted by molar-refractivity contribution is 7.89. The largest absolute Gasteiger partial charge is 0.330 e. The van der Waals surface area contributed by atoms with Gasteiger partial charge < -0.3 is 10.6 Å². The molecule has 7 heteroatoms. The summed E-state index contributed by atoms with van der Waals surface area (Å²) in [6.07, 6.45) is 1.06. The van der Waals surface area contributed by atoms with Crippen LogP contribution < -0.4 is 10.6 Å². The number of hydrogen-bond donors (Lipinski definition) is 2. The SMILES string of the molecule is CC(C)Cc1ccc([C@H](C)[NH2+][C@H](C)C(=O)Nc2cccc(S(=O)(=O)N(C)C)c2)cc1. The predicted molar refractivity (Wildman–Crippen MR) is 121 cm³/mol. The van der Waals surface area contributed by atoms with E-state index in [-0.39, 0.29) is 22.9 Å². The topological polar surface area (TPSA) is 83.1 Å². The van der Waals surface area contributed by atoms with Crippen molar-refractivity contribution in [1.82, 2.24) is 4.31 Å². The Labute approximate surface area is 180 Å². The molecular formula is C23H34N3O3S+. The highest BCUT2D eigenvalue weighted by Crippen LogP contribution is 2.18. The first kappa shape index (κ1) is 24.1. The number of sulfonamides is 1. The lowest BCUT2D eigenvalue weighted by Crippen LogP contribution is -2.91. The van der Waals surface area contributed by atoms with Gasteiger partial charge in [-0.25, -0.2) is 12.7 Å². The van der Waals surface area contributed by atoms with E-state index in [1.54, 1.807) is 12.1 Å². The second kappa shape index (κ2) is 10.2. The second-order valence-electron chi connectivity index (χ2n) is 8.41. The van der Waals surface area contributed by atoms with Crippen LogP contribution in [0.15, 0.2) is 53.4 Å². The molecule has 0 aromatic heterocycles. The number of nitrogens with two attached hydrogens (primary N) is 1. The Bertz CT molecular complexity index is 954. The van der Waals surface area contributed by atoms with Gasteiger partial charge in [0.05, 0.1) is 4.90 Å². The van der Waals surface area contributed by atoms with E-state index in [2.05, 4.69) is 50.4 Å². The molecule has 3 N–H and O–H groups in total. The number of hydrogen-bond acceptors (Lipinski definition) is 3. The van der Waals surface area contributed by atoms with Crippen molar-refractivity contribution < 1.29 is 18.5 Å². The Kier molecular flexibility index (Phi) is 8.18. The van der Waals surface area contributed by atoms with Crippen LogP contribution >= 0.6 is 0 Å². The van der Waals surface area contributed by atoms with Gasteiger partial charge in [-0.3, -0.25) is 4.79 Å². The van der Waals surface area contributed by atoms with Gasteiger partial charge in [-0.15, -0.1) is 0 Å². The standard InChI is InChI=1S/C23H33N3O3S/c1-16(2)14-19-10-12-20(13-11-19)17(3)24-18(4)23(27)25-21-8-7-9-22(15-21)30(28,29)26(5)6/h7-13,15-18,24H,14H2,1-6H3,(H,25,27)/p+1/t17-,18+/m0/s1. The van der Waals surface area contributed by atoms with Crippen LogP contribution in [-0.2, 0) is 21.2 Å². The molecule has 0 saturated heterocycles. The van der Waals surface area contributed by atoms with Gasteiger partial charge in [0.15, 0.2) is 6.04 Å². The van der Waals surface area contributed by atoms with E-state index in [0.29, 0.717) is 11.6 Å². The molecule has 2 rings (SSSR count). The van der Waals surface area contributed by atoms with Gasteiger partial charge in [-0.2, -0.15) is 0 Å². The molecule has 0 unspecified atom stereocenters. The molecule has 0 aliphatic heterocycles. The lowest BCUT2D eigenvalue weighted by molar-refractivity contribution is -0.709. The van der Waals surface area contributed by atoms with E-state index >= 15 is 0 Å². The molecule has 0 heterocycles. The Morgan fingerprint density at radius 1 is 1.03 bits per heavy atom. The van der Waals surface area contributed by atoms with Crippen LogP contribution in [0.25, 0.3) is 0 Å². The Hall–Kier alpha value is -2.22. The molecule has 30 heavy (non-hydrogen) atoms. The normalized spacial score (nSPS) is 14.0. The zero-order valence-corrected chi connectivity index (χ0v) is 19.5. The first-order valence-electron chi connectivity index (χ1n) is 10.3. The Balaban J connectivity index is 2.01. The number of nitrogens with zero attached hydrogens (tertiary/aromatic N) is 1. The number of rotatable bonds is 9. The van der Waals surface area contributed by atoms with Crippen LogP contribution in [-0.4, -0.2) is 38.8 Å². The third kappa shape index (κ3) is 6.39. The summed E-state index contributed by atoms with van der Waals surface area (Å²) in [4.78, 5) is 12.8. The van der Waals surface area contributed by atoms with Crippen LogP contribution in [0.3, 0.4) is 0 Å². The monoisotopic (exact) mass is 432 g/mol. The quantitative estimate of drug-likeness (QED) is 0.639. The molecule has 1 amide bonds. The van der Waals surface area contributed by atoms with E-state index in [9.17, 15) is 13.2 Å². The van der Waals surface area contributed by atoms with E-state index in [1.165, 1.54) is 37.4 Å². The van der Waals surface area contributed by atoms with Crippen LogP contribution in [0, 0.1) is 5.92 Å². The van der Waals surface area contributed by atoms with Crippen LogP contribution in [0.2, 0.25) is 0 Å². The molecule has 0 radical (unpaired) electrons. The fourth-order valence-corrected chi connectivity index (χ4v) is 4.21. The summed E-state index contributed by atoms with van der Waals surface area (Å²) in [5.41, 5.74) is 2.95. The predicted octanol–water partition coefficient (Wildman–Crippen LogP) is 2.79. The zero-order valence-electron chi connectivity index (χ0n) is 18.7. The van der Waals surface area contributed by atoms with Crippen LogP contribution in [0.1, 0.15) is 44.9 Å². The number of carbonyl (C=O) groups excluding carboxylic acids is 1.